The molecule has 1 aromatic heterocycles. The lowest BCUT2D eigenvalue weighted by molar-refractivity contribution is 0.351. The fourth-order valence-corrected chi connectivity index (χ4v) is 3.11. The zero-order valence-electron chi connectivity index (χ0n) is 11.8. The number of hydrogen-bond donors (Lipinski definition) is 2. The molecule has 0 saturated carbocycles. The van der Waals surface area contributed by atoms with Crippen molar-refractivity contribution in [2.45, 2.75) is 52.5 Å². The van der Waals surface area contributed by atoms with E-state index in [-0.39, 0.29) is 0 Å². The number of hydrazine groups is 1. The summed E-state index contributed by atoms with van der Waals surface area (Å²) in [4.78, 5) is 0. The van der Waals surface area contributed by atoms with Crippen molar-refractivity contribution in [1.82, 2.24) is 15.2 Å². The van der Waals surface area contributed by atoms with Gasteiger partial charge in [-0.2, -0.15) is 5.10 Å². The van der Waals surface area contributed by atoms with Crippen molar-refractivity contribution in [2.75, 3.05) is 0 Å². The van der Waals surface area contributed by atoms with Crippen LogP contribution in [0, 0.1) is 5.92 Å². The molecular weight excluding hydrogens is 292 g/mol. The van der Waals surface area contributed by atoms with Gasteiger partial charge in [0, 0.05) is 19.5 Å². The molecule has 4 nitrogen and oxygen atoms in total. The van der Waals surface area contributed by atoms with Crippen LogP contribution in [0.15, 0.2) is 4.47 Å². The molecule has 3 N–H and O–H groups in total. The third-order valence-corrected chi connectivity index (χ3v) is 4.48. The molecule has 0 amide bonds. The lowest BCUT2D eigenvalue weighted by atomic mass is 9.93. The highest BCUT2D eigenvalue weighted by Crippen LogP contribution is 2.24. The maximum atomic E-state index is 5.70. The van der Waals surface area contributed by atoms with Crippen LogP contribution >= 0.6 is 15.9 Å². The van der Waals surface area contributed by atoms with E-state index in [0.29, 0.717) is 12.0 Å². The molecule has 1 aromatic rings. The number of nitrogens with two attached hydrogens (primary N) is 1. The van der Waals surface area contributed by atoms with Crippen molar-refractivity contribution in [2.24, 2.45) is 18.8 Å². The van der Waals surface area contributed by atoms with Crippen LogP contribution in [0.5, 0.6) is 0 Å². The molecule has 0 fully saturated rings. The molecule has 5 heteroatoms. The normalized spacial score (nSPS) is 14.8. The second-order valence-electron chi connectivity index (χ2n) is 4.93. The van der Waals surface area contributed by atoms with E-state index in [2.05, 4.69) is 47.2 Å². The first kappa shape index (κ1) is 15.7. The fraction of sp³-hybridized carbons (Fsp3) is 0.769. The Hall–Kier alpha value is -0.390. The van der Waals surface area contributed by atoms with E-state index in [9.17, 15) is 0 Å². The highest BCUT2D eigenvalue weighted by Gasteiger charge is 2.20. The number of hydrogen-bond acceptors (Lipinski definition) is 3. The molecule has 0 aliphatic carbocycles. The van der Waals surface area contributed by atoms with Crippen molar-refractivity contribution >= 4 is 15.9 Å². The Balaban J connectivity index is 2.84. The van der Waals surface area contributed by atoms with Crippen LogP contribution in [-0.2, 0) is 19.9 Å². The minimum absolute atomic E-state index is 0.293. The Morgan fingerprint density at radius 3 is 2.56 bits per heavy atom. The first-order valence-electron chi connectivity index (χ1n) is 6.71. The monoisotopic (exact) mass is 316 g/mol. The van der Waals surface area contributed by atoms with E-state index in [0.717, 1.165) is 23.0 Å². The van der Waals surface area contributed by atoms with Gasteiger partial charge in [-0.15, -0.1) is 0 Å². The number of aryl methyl sites for hydroxylation is 2. The van der Waals surface area contributed by atoms with Gasteiger partial charge < -0.3 is 0 Å². The standard InChI is InChI=1S/C13H25BrN4/c1-5-7-9(3)11(16-15)8-12-13(14)10(6-2)17-18(12)4/h9,11,16H,5-8,15H2,1-4H3. The molecule has 2 unspecified atom stereocenters. The van der Waals surface area contributed by atoms with Crippen molar-refractivity contribution < 1.29 is 0 Å². The maximum absolute atomic E-state index is 5.70. The second kappa shape index (κ2) is 7.26. The maximum Gasteiger partial charge on any atom is 0.0766 e. The fourth-order valence-electron chi connectivity index (χ4n) is 2.33. The molecule has 0 aliphatic heterocycles. The smallest absolute Gasteiger partial charge is 0.0766 e. The molecule has 1 rings (SSSR count). The Morgan fingerprint density at radius 2 is 2.11 bits per heavy atom. The van der Waals surface area contributed by atoms with Crippen molar-refractivity contribution in [1.29, 1.82) is 0 Å². The molecule has 0 bridgehead atoms. The van der Waals surface area contributed by atoms with Gasteiger partial charge in [0.15, 0.2) is 0 Å². The molecule has 0 radical (unpaired) electrons. The first-order valence-corrected chi connectivity index (χ1v) is 7.50. The number of nitrogens with zero attached hydrogens (tertiary/aromatic N) is 2. The van der Waals surface area contributed by atoms with Gasteiger partial charge in [0.1, 0.15) is 0 Å². The topological polar surface area (TPSA) is 55.9 Å². The average Bonchev–Trinajstić information content (AvgIpc) is 2.62. The molecular formula is C13H25BrN4. The van der Waals surface area contributed by atoms with Crippen LogP contribution in [0.2, 0.25) is 0 Å². The summed E-state index contributed by atoms with van der Waals surface area (Å²) in [7, 11) is 2.00. The lowest BCUT2D eigenvalue weighted by Crippen LogP contribution is -2.42. The van der Waals surface area contributed by atoms with Gasteiger partial charge >= 0.3 is 0 Å². The van der Waals surface area contributed by atoms with Crippen LogP contribution in [0.1, 0.15) is 45.0 Å². The van der Waals surface area contributed by atoms with Crippen LogP contribution in [-0.4, -0.2) is 15.8 Å². The zero-order valence-corrected chi connectivity index (χ0v) is 13.4. The zero-order chi connectivity index (χ0) is 13.7. The Kier molecular flexibility index (Phi) is 6.32. The highest BCUT2D eigenvalue weighted by atomic mass is 79.9. The lowest BCUT2D eigenvalue weighted by Gasteiger charge is -2.23. The summed E-state index contributed by atoms with van der Waals surface area (Å²) >= 11 is 3.66. The summed E-state index contributed by atoms with van der Waals surface area (Å²) in [6.45, 7) is 6.58. The Labute approximate surface area is 118 Å². The van der Waals surface area contributed by atoms with E-state index < -0.39 is 0 Å². The summed E-state index contributed by atoms with van der Waals surface area (Å²) in [6.07, 6.45) is 4.22. The molecule has 104 valence electrons. The van der Waals surface area contributed by atoms with E-state index in [1.807, 2.05) is 11.7 Å². The third kappa shape index (κ3) is 3.56. The Morgan fingerprint density at radius 1 is 1.44 bits per heavy atom. The summed E-state index contributed by atoms with van der Waals surface area (Å²) in [6, 6.07) is 0.293. The number of rotatable bonds is 7. The van der Waals surface area contributed by atoms with Crippen LogP contribution in [0.25, 0.3) is 0 Å². The van der Waals surface area contributed by atoms with Crippen LogP contribution in [0.3, 0.4) is 0 Å². The van der Waals surface area contributed by atoms with Crippen molar-refractivity contribution in [3.8, 4) is 0 Å². The molecule has 0 spiro atoms. The molecule has 1 heterocycles. The largest absolute Gasteiger partial charge is 0.271 e. The SMILES string of the molecule is CCCC(C)C(Cc1c(Br)c(CC)nn1C)NN. The van der Waals surface area contributed by atoms with E-state index in [1.54, 1.807) is 0 Å². The summed E-state index contributed by atoms with van der Waals surface area (Å²) in [5.41, 5.74) is 5.29. The highest BCUT2D eigenvalue weighted by molar-refractivity contribution is 9.10. The van der Waals surface area contributed by atoms with E-state index in [4.69, 9.17) is 5.84 Å². The van der Waals surface area contributed by atoms with E-state index in [1.165, 1.54) is 18.5 Å². The van der Waals surface area contributed by atoms with Crippen molar-refractivity contribution in [3.63, 3.8) is 0 Å². The third-order valence-electron chi connectivity index (χ3n) is 3.56. The summed E-state index contributed by atoms with van der Waals surface area (Å²) < 4.78 is 3.10. The molecule has 0 aliphatic rings. The van der Waals surface area contributed by atoms with Crippen LogP contribution < -0.4 is 11.3 Å². The second-order valence-corrected chi connectivity index (χ2v) is 5.72. The molecule has 0 saturated heterocycles. The number of aromatic nitrogens is 2. The van der Waals surface area contributed by atoms with Gasteiger partial charge in [-0.3, -0.25) is 16.0 Å². The number of halogens is 1. The first-order chi connectivity index (χ1) is 8.54. The van der Waals surface area contributed by atoms with Gasteiger partial charge in [-0.25, -0.2) is 0 Å². The van der Waals surface area contributed by atoms with E-state index >= 15 is 0 Å². The molecule has 2 atom stereocenters. The Bertz CT molecular complexity index is 375. The predicted molar refractivity (Wildman–Crippen MR) is 79.2 cm³/mol. The molecule has 18 heavy (non-hydrogen) atoms. The van der Waals surface area contributed by atoms with Gasteiger partial charge in [0.25, 0.3) is 0 Å². The summed E-state index contributed by atoms with van der Waals surface area (Å²) in [5.74, 6) is 6.26. The van der Waals surface area contributed by atoms with Gasteiger partial charge in [-0.05, 0) is 34.7 Å². The summed E-state index contributed by atoms with van der Waals surface area (Å²) in [5, 5.41) is 4.52. The minimum atomic E-state index is 0.293. The van der Waals surface area contributed by atoms with Gasteiger partial charge in [-0.1, -0.05) is 27.2 Å². The van der Waals surface area contributed by atoms with Crippen molar-refractivity contribution in [3.05, 3.63) is 15.9 Å². The quantitative estimate of drug-likeness (QED) is 0.600. The number of nitrogens with one attached hydrogen (secondary N) is 1. The molecule has 0 aromatic carbocycles. The van der Waals surface area contributed by atoms with Gasteiger partial charge in [0.05, 0.1) is 15.9 Å². The predicted octanol–water partition coefficient (Wildman–Crippen LogP) is 2.56. The van der Waals surface area contributed by atoms with Gasteiger partial charge in [0.2, 0.25) is 0 Å². The van der Waals surface area contributed by atoms with Crippen LogP contribution in [0.4, 0.5) is 0 Å². The minimum Gasteiger partial charge on any atom is -0.271 e. The average molecular weight is 317 g/mol.